The number of imide groups is 1. The van der Waals surface area contributed by atoms with Gasteiger partial charge in [-0.25, -0.2) is 4.98 Å². The lowest BCUT2D eigenvalue weighted by Gasteiger charge is -2.33. The number of nitrogens with zero attached hydrogens (tertiary/aromatic N) is 3. The molecule has 44 heavy (non-hydrogen) atoms. The monoisotopic (exact) mass is 596 g/mol. The molecule has 0 spiro atoms. The van der Waals surface area contributed by atoms with Gasteiger partial charge in [-0.05, 0) is 75.6 Å². The van der Waals surface area contributed by atoms with Crippen LogP contribution in [0.1, 0.15) is 44.7 Å². The average Bonchev–Trinajstić information content (AvgIpc) is 3.52. The number of amides is 2. The summed E-state index contributed by atoms with van der Waals surface area (Å²) in [4.78, 5) is 53.7. The van der Waals surface area contributed by atoms with Gasteiger partial charge < -0.3 is 30.0 Å². The van der Waals surface area contributed by atoms with Crippen LogP contribution >= 0.6 is 0 Å². The molecule has 4 aromatic rings. The van der Waals surface area contributed by atoms with Crippen molar-refractivity contribution in [3.05, 3.63) is 87.9 Å². The Morgan fingerprint density at radius 3 is 2.66 bits per heavy atom. The number of allylic oxidation sites excluding steroid dienone is 1. The first-order chi connectivity index (χ1) is 21.2. The van der Waals surface area contributed by atoms with E-state index < -0.39 is 6.10 Å². The highest BCUT2D eigenvalue weighted by molar-refractivity contribution is 6.23. The lowest BCUT2D eigenvalue weighted by Crippen LogP contribution is -2.46. The van der Waals surface area contributed by atoms with Gasteiger partial charge in [-0.1, -0.05) is 24.3 Å². The number of aliphatic hydroxyl groups excluding tert-OH is 1. The molecule has 0 saturated carbocycles. The number of aromatic amines is 2. The van der Waals surface area contributed by atoms with Gasteiger partial charge in [0.15, 0.2) is 0 Å². The fraction of sp³-hybridized carbons (Fsp3) is 0.333. The molecule has 1 saturated heterocycles. The van der Waals surface area contributed by atoms with Gasteiger partial charge in [0.05, 0.1) is 27.8 Å². The largest absolute Gasteiger partial charge is 0.490 e. The summed E-state index contributed by atoms with van der Waals surface area (Å²) in [5.74, 6) is 0.407. The van der Waals surface area contributed by atoms with E-state index in [0.717, 1.165) is 42.8 Å². The van der Waals surface area contributed by atoms with Crippen LogP contribution < -0.4 is 15.6 Å². The Bertz CT molecular complexity index is 1750. The Kier molecular flexibility index (Phi) is 8.07. The standard InChI is InChI=1S/C33H36N6O5/c1-4-6-20-8-5-7-19(2)29(20)44-18-22(40)17-35-25-9-12-34-31(41)28(25)30-36-26-15-23-24(16-27(26)37-30)33(43)39(32(23)42)21-10-13-38(3)14-11-21/h4-5,7-9,12,15-16,21-22,40H,1,6,10-11,13-14,17-18H2,2-3H3,(H,36,37)(H2,34,35,41). The number of hydrogen-bond donors (Lipinski definition) is 4. The minimum absolute atomic E-state index is 0.0490. The van der Waals surface area contributed by atoms with Gasteiger partial charge in [0.1, 0.15) is 29.8 Å². The van der Waals surface area contributed by atoms with Crippen molar-refractivity contribution in [2.45, 2.75) is 38.3 Å². The second-order valence-corrected chi connectivity index (χ2v) is 11.5. The van der Waals surface area contributed by atoms with Crippen LogP contribution in [0.25, 0.3) is 22.4 Å². The highest BCUT2D eigenvalue weighted by atomic mass is 16.5. The lowest BCUT2D eigenvalue weighted by molar-refractivity contribution is 0.0516. The normalized spacial score (nSPS) is 16.4. The van der Waals surface area contributed by atoms with E-state index in [0.29, 0.717) is 34.3 Å². The Balaban J connectivity index is 1.20. The number of carbonyl (C=O) groups excluding carboxylic acids is 2. The molecule has 1 fully saturated rings. The molecule has 11 heteroatoms. The van der Waals surface area contributed by atoms with Crippen LogP contribution in [0.2, 0.25) is 0 Å². The van der Waals surface area contributed by atoms with Crippen molar-refractivity contribution >= 4 is 28.5 Å². The van der Waals surface area contributed by atoms with Gasteiger partial charge in [-0.2, -0.15) is 0 Å². The van der Waals surface area contributed by atoms with Crippen molar-refractivity contribution in [2.75, 3.05) is 38.6 Å². The van der Waals surface area contributed by atoms with Crippen LogP contribution in [0.15, 0.2) is 60.0 Å². The molecule has 228 valence electrons. The number of anilines is 1. The first kappa shape index (κ1) is 29.3. The maximum atomic E-state index is 13.3. The number of rotatable bonds is 10. The molecule has 0 aliphatic carbocycles. The number of imidazole rings is 1. The molecule has 2 aliphatic heterocycles. The molecule has 4 N–H and O–H groups in total. The fourth-order valence-electron chi connectivity index (χ4n) is 6.03. The second-order valence-electron chi connectivity index (χ2n) is 11.5. The first-order valence-electron chi connectivity index (χ1n) is 14.8. The SMILES string of the molecule is C=CCc1cccc(C)c1OCC(O)CNc1cc[nH]c(=O)c1-c1nc2cc3c(cc2[nH]1)C(=O)N(C1CCN(C)CC1)C3=O. The Morgan fingerprint density at radius 2 is 1.91 bits per heavy atom. The topological polar surface area (TPSA) is 144 Å². The summed E-state index contributed by atoms with van der Waals surface area (Å²) in [7, 11) is 2.03. The van der Waals surface area contributed by atoms with Crippen LogP contribution in [0.4, 0.5) is 5.69 Å². The zero-order chi connectivity index (χ0) is 31.0. The Morgan fingerprint density at radius 1 is 1.16 bits per heavy atom. The van der Waals surface area contributed by atoms with Gasteiger partial charge in [-0.15, -0.1) is 6.58 Å². The number of pyridine rings is 1. The van der Waals surface area contributed by atoms with E-state index in [1.54, 1.807) is 24.3 Å². The average molecular weight is 597 g/mol. The molecule has 0 bridgehead atoms. The molecule has 0 radical (unpaired) electrons. The predicted octanol–water partition coefficient (Wildman–Crippen LogP) is 3.50. The van der Waals surface area contributed by atoms with Crippen LogP contribution in [0, 0.1) is 6.92 Å². The molecular weight excluding hydrogens is 560 g/mol. The smallest absolute Gasteiger partial charge is 0.261 e. The number of para-hydroxylation sites is 1. The summed E-state index contributed by atoms with van der Waals surface area (Å²) in [6.07, 6.45) is 4.59. The molecule has 1 atom stereocenters. The molecule has 1 unspecified atom stereocenters. The summed E-state index contributed by atoms with van der Waals surface area (Å²) in [5.41, 5.74) is 3.96. The molecule has 11 nitrogen and oxygen atoms in total. The van der Waals surface area contributed by atoms with Crippen LogP contribution in [-0.2, 0) is 6.42 Å². The van der Waals surface area contributed by atoms with Gasteiger partial charge in [-0.3, -0.25) is 19.3 Å². The van der Waals surface area contributed by atoms with E-state index in [-0.39, 0.29) is 48.0 Å². The number of benzene rings is 2. The van der Waals surface area contributed by atoms with E-state index in [1.807, 2.05) is 32.2 Å². The third-order valence-corrected chi connectivity index (χ3v) is 8.38. The van der Waals surface area contributed by atoms with Crippen molar-refractivity contribution in [2.24, 2.45) is 0 Å². The van der Waals surface area contributed by atoms with Crippen molar-refractivity contribution in [3.8, 4) is 17.1 Å². The number of fused-ring (bicyclic) bond motifs is 2. The number of piperidine rings is 1. The van der Waals surface area contributed by atoms with Gasteiger partial charge >= 0.3 is 0 Å². The Labute approximate surface area is 254 Å². The predicted molar refractivity (Wildman–Crippen MR) is 168 cm³/mol. The maximum absolute atomic E-state index is 13.3. The number of likely N-dealkylation sites (tertiary alicyclic amines) is 1. The quantitative estimate of drug-likeness (QED) is 0.161. The van der Waals surface area contributed by atoms with Gasteiger partial charge in [0.25, 0.3) is 17.4 Å². The second kappa shape index (κ2) is 12.1. The highest BCUT2D eigenvalue weighted by Crippen LogP contribution is 2.33. The lowest BCUT2D eigenvalue weighted by atomic mass is 10.0. The fourth-order valence-corrected chi connectivity index (χ4v) is 6.03. The highest BCUT2D eigenvalue weighted by Gasteiger charge is 2.41. The summed E-state index contributed by atoms with van der Waals surface area (Å²) < 4.78 is 5.97. The molecular formula is C33H36N6O5. The number of hydrogen-bond acceptors (Lipinski definition) is 8. The zero-order valence-corrected chi connectivity index (χ0v) is 24.9. The van der Waals surface area contributed by atoms with E-state index in [4.69, 9.17) is 4.74 Å². The molecule has 2 aromatic heterocycles. The van der Waals surface area contributed by atoms with Crippen molar-refractivity contribution in [1.29, 1.82) is 0 Å². The molecule has 2 aromatic carbocycles. The summed E-state index contributed by atoms with van der Waals surface area (Å²) in [6.45, 7) is 7.58. The van der Waals surface area contributed by atoms with Crippen LogP contribution in [0.3, 0.4) is 0 Å². The summed E-state index contributed by atoms with van der Waals surface area (Å²) in [6, 6.07) is 10.7. The van der Waals surface area contributed by atoms with Crippen molar-refractivity contribution < 1.29 is 19.4 Å². The number of nitrogens with one attached hydrogen (secondary N) is 3. The van der Waals surface area contributed by atoms with E-state index in [9.17, 15) is 19.5 Å². The Hall–Kier alpha value is -4.74. The van der Waals surface area contributed by atoms with Crippen molar-refractivity contribution in [1.82, 2.24) is 24.8 Å². The number of H-pyrrole nitrogens is 2. The van der Waals surface area contributed by atoms with Crippen molar-refractivity contribution in [3.63, 3.8) is 0 Å². The van der Waals surface area contributed by atoms with Gasteiger partial charge in [0.2, 0.25) is 0 Å². The molecule has 6 rings (SSSR count). The number of ether oxygens (including phenoxy) is 1. The molecule has 2 amide bonds. The number of aromatic nitrogens is 3. The minimum Gasteiger partial charge on any atom is -0.490 e. The first-order valence-corrected chi connectivity index (χ1v) is 14.8. The number of aliphatic hydroxyl groups is 1. The molecule has 2 aliphatic rings. The van der Waals surface area contributed by atoms with E-state index in [2.05, 4.69) is 31.7 Å². The van der Waals surface area contributed by atoms with E-state index in [1.165, 1.54) is 11.1 Å². The maximum Gasteiger partial charge on any atom is 0.261 e. The third-order valence-electron chi connectivity index (χ3n) is 8.38. The van der Waals surface area contributed by atoms with Crippen LogP contribution in [-0.4, -0.2) is 87.1 Å². The minimum atomic E-state index is -0.874. The van der Waals surface area contributed by atoms with Crippen LogP contribution in [0.5, 0.6) is 5.75 Å². The summed E-state index contributed by atoms with van der Waals surface area (Å²) >= 11 is 0. The number of aryl methyl sites for hydroxylation is 1. The summed E-state index contributed by atoms with van der Waals surface area (Å²) in [5, 5.41) is 13.9. The molecule has 4 heterocycles. The number of carbonyl (C=O) groups is 2. The third kappa shape index (κ3) is 5.51. The van der Waals surface area contributed by atoms with Gasteiger partial charge in [0, 0.05) is 18.8 Å². The zero-order valence-electron chi connectivity index (χ0n) is 24.9. The van der Waals surface area contributed by atoms with E-state index >= 15 is 0 Å².